The molecule has 5 heterocycles. The number of para-hydroxylation sites is 2. The van der Waals surface area contributed by atoms with Crippen molar-refractivity contribution in [3.63, 3.8) is 0 Å². The van der Waals surface area contributed by atoms with Crippen LogP contribution >= 0.6 is 0 Å². The van der Waals surface area contributed by atoms with E-state index in [1.165, 1.54) is 12.7 Å². The van der Waals surface area contributed by atoms with Gasteiger partial charge in [0.25, 0.3) is 0 Å². The molecule has 0 atom stereocenters. The number of ether oxygens (including phenoxy) is 2. The molecule has 11 nitrogen and oxygen atoms in total. The van der Waals surface area contributed by atoms with Crippen LogP contribution in [0.15, 0.2) is 152 Å². The molecule has 0 bridgehead atoms. The molecule has 0 radical (unpaired) electrons. The van der Waals surface area contributed by atoms with E-state index in [2.05, 4.69) is 186 Å². The van der Waals surface area contributed by atoms with Crippen molar-refractivity contribution in [2.75, 3.05) is 9.80 Å². The van der Waals surface area contributed by atoms with Gasteiger partial charge in [0.05, 0.1) is 22.1 Å². The highest BCUT2D eigenvalue weighted by Crippen LogP contribution is 2.40. The molecule has 5 aromatic carbocycles. The molecule has 330 valence electrons. The second-order valence-electron chi connectivity index (χ2n) is 17.9. The van der Waals surface area contributed by atoms with Crippen molar-refractivity contribution in [1.82, 2.24) is 34.1 Å². The number of hydrogen-bond donors (Lipinski definition) is 0. The van der Waals surface area contributed by atoms with Gasteiger partial charge in [0.15, 0.2) is 5.82 Å². The molecule has 0 fully saturated rings. The van der Waals surface area contributed by atoms with E-state index in [-0.39, 0.29) is 0 Å². The number of rotatable bonds is 13. The number of hydrogen-bond acceptors (Lipinski definition) is 9. The Hall–Kier alpha value is -7.79. The van der Waals surface area contributed by atoms with Gasteiger partial charge >= 0.3 is 0 Å². The number of anilines is 2. The van der Waals surface area contributed by atoms with Gasteiger partial charge in [0.2, 0.25) is 0 Å². The lowest BCUT2D eigenvalue weighted by atomic mass is 10.1. The van der Waals surface area contributed by atoms with Crippen LogP contribution in [0.25, 0.3) is 66.6 Å². The monoisotopic (exact) mass is 871 g/mol. The highest BCUT2D eigenvalue weighted by atomic mass is 16.5. The minimum atomic E-state index is 0.320. The molecule has 10 aromatic rings. The van der Waals surface area contributed by atoms with E-state index in [0.717, 1.165) is 72.2 Å². The molecule has 0 spiro atoms. The fourth-order valence-electron chi connectivity index (χ4n) is 9.77. The first kappa shape index (κ1) is 42.2. The van der Waals surface area contributed by atoms with Crippen molar-refractivity contribution in [3.8, 4) is 46.0 Å². The van der Waals surface area contributed by atoms with E-state index in [1.54, 1.807) is 0 Å². The summed E-state index contributed by atoms with van der Waals surface area (Å²) in [5.74, 6) is 4.60. The van der Waals surface area contributed by atoms with Crippen molar-refractivity contribution in [2.45, 2.75) is 79.6 Å². The molecule has 10 rings (SSSR count). The van der Waals surface area contributed by atoms with Crippen LogP contribution in [0.3, 0.4) is 0 Å². The number of aromatic nitrogens is 7. The Morgan fingerprint density at radius 3 is 1.27 bits per heavy atom. The molecule has 5 aromatic heterocycles. The zero-order valence-electron chi connectivity index (χ0n) is 38.6. The average molecular weight is 872 g/mol. The van der Waals surface area contributed by atoms with E-state index in [1.807, 2.05) is 42.7 Å². The topological polar surface area (TPSA) is 99.2 Å². The summed E-state index contributed by atoms with van der Waals surface area (Å²) in [6.07, 6.45) is 6.78. The number of pyridine rings is 2. The molecule has 0 saturated heterocycles. The second-order valence-corrected chi connectivity index (χ2v) is 17.9. The molecule has 0 saturated carbocycles. The van der Waals surface area contributed by atoms with Gasteiger partial charge in [-0.25, -0.2) is 24.9 Å². The van der Waals surface area contributed by atoms with Crippen molar-refractivity contribution < 1.29 is 9.47 Å². The lowest BCUT2D eigenvalue weighted by Gasteiger charge is -2.33. The van der Waals surface area contributed by atoms with Gasteiger partial charge < -0.3 is 19.3 Å². The van der Waals surface area contributed by atoms with E-state index in [0.29, 0.717) is 53.0 Å². The Bertz CT molecular complexity index is 3160. The maximum atomic E-state index is 6.78. The summed E-state index contributed by atoms with van der Waals surface area (Å²) in [6, 6.07) is 44.9. The first-order chi connectivity index (χ1) is 32.0. The van der Waals surface area contributed by atoms with Gasteiger partial charge in [0, 0.05) is 105 Å². The van der Waals surface area contributed by atoms with Gasteiger partial charge in [0.1, 0.15) is 47.3 Å². The van der Waals surface area contributed by atoms with Gasteiger partial charge in [-0.3, -0.25) is 9.13 Å². The first-order valence-corrected chi connectivity index (χ1v) is 22.7. The molecule has 11 heteroatoms. The minimum absolute atomic E-state index is 0.320. The van der Waals surface area contributed by atoms with Crippen LogP contribution in [-0.4, -0.2) is 58.2 Å². The Balaban J connectivity index is 1.05. The summed E-state index contributed by atoms with van der Waals surface area (Å²) in [5.41, 5.74) is 7.05. The zero-order chi connectivity index (χ0) is 45.6. The molecule has 0 aliphatic carbocycles. The second kappa shape index (κ2) is 17.3. The summed E-state index contributed by atoms with van der Waals surface area (Å²) in [5, 5.41) is 4.47. The van der Waals surface area contributed by atoms with Crippen LogP contribution in [0.2, 0.25) is 0 Å². The van der Waals surface area contributed by atoms with Crippen molar-refractivity contribution >= 4 is 55.0 Å². The maximum absolute atomic E-state index is 6.78. The lowest BCUT2D eigenvalue weighted by molar-refractivity contribution is 0.461. The largest absolute Gasteiger partial charge is 0.457 e. The third-order valence-corrected chi connectivity index (χ3v) is 12.1. The van der Waals surface area contributed by atoms with Gasteiger partial charge in [-0.1, -0.05) is 36.4 Å². The van der Waals surface area contributed by atoms with Crippen molar-refractivity contribution in [1.29, 1.82) is 0 Å². The van der Waals surface area contributed by atoms with Crippen LogP contribution in [0.1, 0.15) is 55.4 Å². The number of benzene rings is 5. The Morgan fingerprint density at radius 2 is 0.833 bits per heavy atom. The van der Waals surface area contributed by atoms with E-state index in [9.17, 15) is 0 Å². The summed E-state index contributed by atoms with van der Waals surface area (Å²) in [7, 11) is 0. The Morgan fingerprint density at radius 1 is 0.409 bits per heavy atom. The summed E-state index contributed by atoms with van der Waals surface area (Å²) < 4.78 is 18.0. The molecule has 66 heavy (non-hydrogen) atoms. The third-order valence-electron chi connectivity index (χ3n) is 12.1. The first-order valence-electron chi connectivity index (χ1n) is 22.7. The average Bonchev–Trinajstić information content (AvgIpc) is 3.81. The normalized spacial score (nSPS) is 11.9. The van der Waals surface area contributed by atoms with Crippen molar-refractivity contribution in [2.24, 2.45) is 0 Å². The molecule has 0 N–H and O–H groups in total. The summed E-state index contributed by atoms with van der Waals surface area (Å²) in [4.78, 5) is 27.7. The standard InChI is InChI=1S/C55H53N9O2/c1-34(2)61(35(3)4)39-21-23-57-53(27-39)63-49-15-11-9-13-45(49)47-19-17-41(30-51(47)63)65-43-25-38(55-59-32-56-33-60-55)26-44(29-43)66-42-18-20-48-46-14-10-12-16-50(46)64(52(48)31-42)54-28-40(22-24-58-54)62(36(5)6)37(7)8/h9-37H,1-8H3. The summed E-state index contributed by atoms with van der Waals surface area (Å²) in [6.45, 7) is 17.8. The van der Waals surface area contributed by atoms with Crippen molar-refractivity contribution in [3.05, 3.63) is 152 Å². The number of fused-ring (bicyclic) bond motifs is 6. The molecule has 0 unspecified atom stereocenters. The number of nitrogens with zero attached hydrogens (tertiary/aromatic N) is 9. The molecular formula is C55H53N9O2. The van der Waals surface area contributed by atoms with Crippen LogP contribution in [-0.2, 0) is 0 Å². The molecular weight excluding hydrogens is 819 g/mol. The predicted molar refractivity (Wildman–Crippen MR) is 268 cm³/mol. The zero-order valence-corrected chi connectivity index (χ0v) is 38.6. The fourth-order valence-corrected chi connectivity index (χ4v) is 9.77. The smallest absolute Gasteiger partial charge is 0.162 e. The Labute approximate surface area is 385 Å². The molecule has 0 aliphatic rings. The van der Waals surface area contributed by atoms with Gasteiger partial charge in [-0.2, -0.15) is 0 Å². The highest BCUT2D eigenvalue weighted by molar-refractivity contribution is 6.10. The van der Waals surface area contributed by atoms with E-state index >= 15 is 0 Å². The fraction of sp³-hybridized carbons (Fsp3) is 0.218. The quantitative estimate of drug-likeness (QED) is 0.112. The lowest BCUT2D eigenvalue weighted by Crippen LogP contribution is -2.37. The van der Waals surface area contributed by atoms with Crippen LogP contribution in [0, 0.1) is 0 Å². The summed E-state index contributed by atoms with van der Waals surface area (Å²) >= 11 is 0. The van der Waals surface area contributed by atoms with Gasteiger partial charge in [-0.05, 0) is 116 Å². The SMILES string of the molecule is CC(C)N(c1ccnc(-n2c3ccccc3c3ccc(Oc4cc(Oc5ccc6c7ccccc7n(-c7cc(N(C(C)C)C(C)C)ccn7)c6c5)cc(-c5ncncn5)c4)cc32)c1)C(C)C. The minimum Gasteiger partial charge on any atom is -0.457 e. The predicted octanol–water partition coefficient (Wildman–Crippen LogP) is 13.4. The van der Waals surface area contributed by atoms with Crippen LogP contribution < -0.4 is 19.3 Å². The van der Waals surface area contributed by atoms with Gasteiger partial charge in [-0.15, -0.1) is 0 Å². The van der Waals surface area contributed by atoms with Crippen LogP contribution in [0.5, 0.6) is 23.0 Å². The molecule has 0 amide bonds. The maximum Gasteiger partial charge on any atom is 0.162 e. The van der Waals surface area contributed by atoms with E-state index in [4.69, 9.17) is 19.4 Å². The molecule has 0 aliphatic heterocycles. The Kier molecular flexibility index (Phi) is 11.1. The van der Waals surface area contributed by atoms with E-state index < -0.39 is 0 Å². The highest BCUT2D eigenvalue weighted by Gasteiger charge is 2.21. The van der Waals surface area contributed by atoms with Crippen LogP contribution in [0.4, 0.5) is 11.4 Å². The third kappa shape index (κ3) is 7.80.